The highest BCUT2D eigenvalue weighted by Crippen LogP contribution is 2.21. The molecule has 0 saturated carbocycles. The maximum Gasteiger partial charge on any atom is 0.341 e. The standard InChI is InChI=1S/C11H13ClN2O2.ClH/c1-2-16-11(15)8-5-7-6-13-4-3-9(7)14-10(8)12;/h5,13H,2-4,6H2,1H3;1H. The van der Waals surface area contributed by atoms with Crippen LogP contribution in [0, 0.1) is 0 Å². The summed E-state index contributed by atoms with van der Waals surface area (Å²) in [4.78, 5) is 15.8. The zero-order valence-corrected chi connectivity index (χ0v) is 11.0. The molecule has 1 aliphatic rings. The summed E-state index contributed by atoms with van der Waals surface area (Å²) >= 11 is 5.96. The molecule has 2 heterocycles. The van der Waals surface area contributed by atoms with E-state index in [1.807, 2.05) is 0 Å². The molecule has 1 aromatic rings. The topological polar surface area (TPSA) is 51.2 Å². The number of nitrogens with one attached hydrogen (secondary N) is 1. The van der Waals surface area contributed by atoms with Crippen LogP contribution in [-0.4, -0.2) is 24.1 Å². The molecule has 4 nitrogen and oxygen atoms in total. The normalized spacial score (nSPS) is 13.5. The molecule has 0 radical (unpaired) electrons. The van der Waals surface area contributed by atoms with Crippen LogP contribution in [0.5, 0.6) is 0 Å². The number of halogens is 2. The highest BCUT2D eigenvalue weighted by atomic mass is 35.5. The average Bonchev–Trinajstić information content (AvgIpc) is 2.28. The molecule has 0 saturated heterocycles. The smallest absolute Gasteiger partial charge is 0.341 e. The third kappa shape index (κ3) is 3.09. The highest BCUT2D eigenvalue weighted by Gasteiger charge is 2.18. The van der Waals surface area contributed by atoms with E-state index < -0.39 is 5.97 Å². The quantitative estimate of drug-likeness (QED) is 0.663. The molecule has 1 N–H and O–H groups in total. The van der Waals surface area contributed by atoms with Crippen molar-refractivity contribution in [2.75, 3.05) is 13.2 Å². The van der Waals surface area contributed by atoms with Gasteiger partial charge in [0.2, 0.25) is 0 Å². The Bertz CT molecular complexity index is 424. The van der Waals surface area contributed by atoms with Gasteiger partial charge in [0.05, 0.1) is 12.2 Å². The Morgan fingerprint density at radius 1 is 1.65 bits per heavy atom. The van der Waals surface area contributed by atoms with Crippen molar-refractivity contribution in [2.24, 2.45) is 0 Å². The zero-order chi connectivity index (χ0) is 11.5. The van der Waals surface area contributed by atoms with E-state index >= 15 is 0 Å². The molecule has 0 bridgehead atoms. The minimum Gasteiger partial charge on any atom is -0.462 e. The predicted octanol–water partition coefficient (Wildman–Crippen LogP) is 1.98. The fraction of sp³-hybridized carbons (Fsp3) is 0.455. The second-order valence-electron chi connectivity index (χ2n) is 3.58. The Morgan fingerprint density at radius 2 is 2.41 bits per heavy atom. The Balaban J connectivity index is 0.00000144. The fourth-order valence-electron chi connectivity index (χ4n) is 1.72. The van der Waals surface area contributed by atoms with E-state index in [1.54, 1.807) is 13.0 Å². The van der Waals surface area contributed by atoms with Gasteiger partial charge in [0.15, 0.2) is 0 Å². The van der Waals surface area contributed by atoms with E-state index in [2.05, 4.69) is 10.3 Å². The minimum atomic E-state index is -0.409. The molecule has 2 rings (SSSR count). The summed E-state index contributed by atoms with van der Waals surface area (Å²) in [6, 6.07) is 1.77. The van der Waals surface area contributed by atoms with Crippen molar-refractivity contribution in [1.82, 2.24) is 10.3 Å². The summed E-state index contributed by atoms with van der Waals surface area (Å²) in [6.45, 7) is 3.73. The number of hydrogen-bond donors (Lipinski definition) is 1. The number of carbonyl (C=O) groups is 1. The number of aromatic nitrogens is 1. The monoisotopic (exact) mass is 276 g/mol. The van der Waals surface area contributed by atoms with Gasteiger partial charge in [-0.1, -0.05) is 11.6 Å². The summed E-state index contributed by atoms with van der Waals surface area (Å²) in [6.07, 6.45) is 0.845. The molecule has 0 atom stereocenters. The summed E-state index contributed by atoms with van der Waals surface area (Å²) in [5.74, 6) is -0.409. The average molecular weight is 277 g/mol. The Kier molecular flexibility index (Phi) is 5.18. The van der Waals surface area contributed by atoms with Crippen LogP contribution in [0.2, 0.25) is 5.15 Å². The lowest BCUT2D eigenvalue weighted by Gasteiger charge is -2.17. The van der Waals surface area contributed by atoms with Gasteiger partial charge in [0, 0.05) is 25.2 Å². The van der Waals surface area contributed by atoms with Crippen molar-refractivity contribution in [3.05, 3.63) is 28.0 Å². The van der Waals surface area contributed by atoms with Crippen LogP contribution in [0.4, 0.5) is 0 Å². The molecule has 0 spiro atoms. The number of rotatable bonds is 2. The third-order valence-corrected chi connectivity index (χ3v) is 2.78. The van der Waals surface area contributed by atoms with Gasteiger partial charge in [-0.15, -0.1) is 12.4 Å². The van der Waals surface area contributed by atoms with Crippen LogP contribution in [0.3, 0.4) is 0 Å². The van der Waals surface area contributed by atoms with E-state index in [0.29, 0.717) is 12.2 Å². The summed E-state index contributed by atoms with van der Waals surface area (Å²) in [5, 5.41) is 3.46. The van der Waals surface area contributed by atoms with Gasteiger partial charge in [0.25, 0.3) is 0 Å². The van der Waals surface area contributed by atoms with Crippen molar-refractivity contribution in [2.45, 2.75) is 19.9 Å². The Hall–Kier alpha value is -0.840. The van der Waals surface area contributed by atoms with Crippen molar-refractivity contribution in [1.29, 1.82) is 0 Å². The molecular formula is C11H14Cl2N2O2. The van der Waals surface area contributed by atoms with Crippen molar-refractivity contribution >= 4 is 30.0 Å². The maximum absolute atomic E-state index is 11.6. The van der Waals surface area contributed by atoms with Crippen LogP contribution >= 0.6 is 24.0 Å². The molecule has 0 aliphatic carbocycles. The number of esters is 1. The van der Waals surface area contributed by atoms with E-state index in [1.165, 1.54) is 0 Å². The summed E-state index contributed by atoms with van der Waals surface area (Å²) in [7, 11) is 0. The van der Waals surface area contributed by atoms with E-state index in [9.17, 15) is 4.79 Å². The number of pyridine rings is 1. The second-order valence-corrected chi connectivity index (χ2v) is 3.94. The molecule has 1 aliphatic heterocycles. The molecule has 0 unspecified atom stereocenters. The molecule has 1 aromatic heterocycles. The first-order valence-corrected chi connectivity index (χ1v) is 5.66. The summed E-state index contributed by atoms with van der Waals surface area (Å²) in [5.41, 5.74) is 2.35. The maximum atomic E-state index is 11.6. The molecule has 94 valence electrons. The van der Waals surface area contributed by atoms with Crippen LogP contribution in [0.15, 0.2) is 6.07 Å². The first-order valence-electron chi connectivity index (χ1n) is 5.28. The van der Waals surface area contributed by atoms with Crippen molar-refractivity contribution in [3.63, 3.8) is 0 Å². The van der Waals surface area contributed by atoms with Crippen LogP contribution in [0.1, 0.15) is 28.5 Å². The summed E-state index contributed by atoms with van der Waals surface area (Å²) < 4.78 is 4.92. The minimum absolute atomic E-state index is 0. The molecule has 6 heteroatoms. The molecule has 0 aromatic carbocycles. The van der Waals surface area contributed by atoms with Crippen LogP contribution in [-0.2, 0) is 17.7 Å². The van der Waals surface area contributed by atoms with Gasteiger partial charge in [-0.3, -0.25) is 0 Å². The molecule has 0 fully saturated rings. The fourth-order valence-corrected chi connectivity index (χ4v) is 1.95. The second kappa shape index (κ2) is 6.19. The van der Waals surface area contributed by atoms with Crippen LogP contribution < -0.4 is 5.32 Å². The third-order valence-electron chi connectivity index (χ3n) is 2.49. The zero-order valence-electron chi connectivity index (χ0n) is 9.46. The Labute approximate surface area is 111 Å². The first-order chi connectivity index (χ1) is 7.72. The van der Waals surface area contributed by atoms with Crippen molar-refractivity contribution in [3.8, 4) is 0 Å². The van der Waals surface area contributed by atoms with E-state index in [0.717, 1.165) is 30.8 Å². The first kappa shape index (κ1) is 14.2. The number of nitrogens with zero attached hydrogens (tertiary/aromatic N) is 1. The molecular weight excluding hydrogens is 263 g/mol. The van der Waals surface area contributed by atoms with E-state index in [4.69, 9.17) is 16.3 Å². The molecule has 0 amide bonds. The highest BCUT2D eigenvalue weighted by molar-refractivity contribution is 6.32. The lowest BCUT2D eigenvalue weighted by molar-refractivity contribution is 0.0526. The SMILES string of the molecule is CCOC(=O)c1cc2c(nc1Cl)CCNC2.Cl. The van der Waals surface area contributed by atoms with Gasteiger partial charge < -0.3 is 10.1 Å². The predicted molar refractivity (Wildman–Crippen MR) is 67.9 cm³/mol. The number of hydrogen-bond acceptors (Lipinski definition) is 4. The number of carbonyl (C=O) groups excluding carboxylic acids is 1. The number of ether oxygens (including phenoxy) is 1. The molecule has 17 heavy (non-hydrogen) atoms. The van der Waals surface area contributed by atoms with E-state index in [-0.39, 0.29) is 17.6 Å². The van der Waals surface area contributed by atoms with Gasteiger partial charge in [-0.2, -0.15) is 0 Å². The van der Waals surface area contributed by atoms with Crippen molar-refractivity contribution < 1.29 is 9.53 Å². The van der Waals surface area contributed by atoms with Crippen LogP contribution in [0.25, 0.3) is 0 Å². The lowest BCUT2D eigenvalue weighted by atomic mass is 10.1. The lowest BCUT2D eigenvalue weighted by Crippen LogP contribution is -2.25. The van der Waals surface area contributed by atoms with Gasteiger partial charge >= 0.3 is 5.97 Å². The van der Waals surface area contributed by atoms with Gasteiger partial charge in [-0.05, 0) is 18.6 Å². The largest absolute Gasteiger partial charge is 0.462 e. The van der Waals surface area contributed by atoms with Gasteiger partial charge in [0.1, 0.15) is 5.15 Å². The Morgan fingerprint density at radius 3 is 3.12 bits per heavy atom. The number of fused-ring (bicyclic) bond motifs is 1. The van der Waals surface area contributed by atoms with Gasteiger partial charge in [-0.25, -0.2) is 9.78 Å².